The summed E-state index contributed by atoms with van der Waals surface area (Å²) in [7, 11) is 0. The highest BCUT2D eigenvalue weighted by Gasteiger charge is 2.35. The Labute approximate surface area is 170 Å². The Hall–Kier alpha value is -3.15. The molecule has 6 heteroatoms. The molecule has 1 atom stereocenters. The highest BCUT2D eigenvalue weighted by atomic mass is 16.2. The predicted molar refractivity (Wildman–Crippen MR) is 114 cm³/mol. The Morgan fingerprint density at radius 2 is 2.03 bits per heavy atom. The number of hydrogen-bond donors (Lipinski definition) is 2. The molecule has 2 aromatic carbocycles. The van der Waals surface area contributed by atoms with Crippen LogP contribution in [0.2, 0.25) is 0 Å². The molecule has 2 heterocycles. The first-order chi connectivity index (χ1) is 14.0. The lowest BCUT2D eigenvalue weighted by Crippen LogP contribution is -2.33. The van der Waals surface area contributed by atoms with Crippen molar-refractivity contribution in [3.05, 3.63) is 59.4 Å². The number of nitrogens with zero attached hydrogens (tertiary/aromatic N) is 2. The van der Waals surface area contributed by atoms with Crippen molar-refractivity contribution in [1.82, 2.24) is 15.3 Å². The van der Waals surface area contributed by atoms with Crippen molar-refractivity contribution < 1.29 is 9.59 Å². The molecule has 0 saturated carbocycles. The molecule has 1 fully saturated rings. The topological polar surface area (TPSA) is 78.1 Å². The second-order valence-corrected chi connectivity index (χ2v) is 7.72. The number of rotatable bonds is 6. The van der Waals surface area contributed by atoms with Crippen molar-refractivity contribution in [2.24, 2.45) is 5.92 Å². The van der Waals surface area contributed by atoms with E-state index in [1.165, 1.54) is 0 Å². The lowest BCUT2D eigenvalue weighted by molar-refractivity contribution is -0.126. The number of H-pyrrole nitrogens is 1. The Morgan fingerprint density at radius 1 is 1.21 bits per heavy atom. The van der Waals surface area contributed by atoms with Crippen molar-refractivity contribution in [1.29, 1.82) is 0 Å². The zero-order valence-corrected chi connectivity index (χ0v) is 16.9. The summed E-state index contributed by atoms with van der Waals surface area (Å²) in [6.07, 6.45) is 1.84. The van der Waals surface area contributed by atoms with Gasteiger partial charge in [-0.05, 0) is 49.6 Å². The molecule has 1 aliphatic rings. The third-order valence-corrected chi connectivity index (χ3v) is 5.69. The number of para-hydroxylation sites is 2. The lowest BCUT2D eigenvalue weighted by atomic mass is 10.1. The number of carbonyl (C=O) groups excluding carboxylic acids is 2. The Balaban J connectivity index is 1.29. The summed E-state index contributed by atoms with van der Waals surface area (Å²) in [6, 6.07) is 13.9. The molecule has 3 aromatic rings. The maximum absolute atomic E-state index is 12.6. The van der Waals surface area contributed by atoms with Gasteiger partial charge in [0.1, 0.15) is 5.82 Å². The summed E-state index contributed by atoms with van der Waals surface area (Å²) in [5.74, 6) is 0.600. The monoisotopic (exact) mass is 390 g/mol. The van der Waals surface area contributed by atoms with Crippen molar-refractivity contribution in [3.63, 3.8) is 0 Å². The van der Waals surface area contributed by atoms with Crippen LogP contribution in [-0.4, -0.2) is 34.9 Å². The number of aryl methyl sites for hydroxylation is 2. The van der Waals surface area contributed by atoms with E-state index in [4.69, 9.17) is 0 Å². The van der Waals surface area contributed by atoms with Gasteiger partial charge in [0.2, 0.25) is 11.8 Å². The minimum absolute atomic E-state index is 0.0149. The molecule has 1 aromatic heterocycles. The van der Waals surface area contributed by atoms with E-state index in [0.717, 1.165) is 46.5 Å². The molecule has 0 bridgehead atoms. The van der Waals surface area contributed by atoms with E-state index >= 15 is 0 Å². The van der Waals surface area contributed by atoms with Crippen LogP contribution in [0, 0.1) is 19.8 Å². The maximum Gasteiger partial charge on any atom is 0.227 e. The summed E-state index contributed by atoms with van der Waals surface area (Å²) >= 11 is 0. The van der Waals surface area contributed by atoms with E-state index in [0.29, 0.717) is 13.1 Å². The molecule has 2 amide bonds. The molecule has 1 saturated heterocycles. The van der Waals surface area contributed by atoms with E-state index < -0.39 is 0 Å². The molecule has 29 heavy (non-hydrogen) atoms. The van der Waals surface area contributed by atoms with E-state index in [9.17, 15) is 9.59 Å². The lowest BCUT2D eigenvalue weighted by Gasteiger charge is -2.20. The molecular formula is C23H26N4O2. The number of aromatic amines is 1. The van der Waals surface area contributed by atoms with Gasteiger partial charge in [0.25, 0.3) is 0 Å². The molecule has 4 rings (SSSR count). The third-order valence-electron chi connectivity index (χ3n) is 5.69. The largest absolute Gasteiger partial charge is 0.356 e. The summed E-state index contributed by atoms with van der Waals surface area (Å²) < 4.78 is 0. The SMILES string of the molecule is Cc1cccc(N2C[C@H](C(=O)NCCCc3nc4ccccc4[nH]3)CC2=O)c1C. The summed E-state index contributed by atoms with van der Waals surface area (Å²) in [4.78, 5) is 34.7. The number of carbonyl (C=O) groups is 2. The number of amides is 2. The number of anilines is 1. The number of hydrogen-bond acceptors (Lipinski definition) is 3. The van der Waals surface area contributed by atoms with Crippen LogP contribution < -0.4 is 10.2 Å². The minimum atomic E-state index is -0.298. The number of benzene rings is 2. The average molecular weight is 390 g/mol. The second-order valence-electron chi connectivity index (χ2n) is 7.72. The number of imidazole rings is 1. The summed E-state index contributed by atoms with van der Waals surface area (Å²) in [5.41, 5.74) is 5.14. The number of fused-ring (bicyclic) bond motifs is 1. The van der Waals surface area contributed by atoms with Crippen molar-refractivity contribution >= 4 is 28.5 Å². The molecular weight excluding hydrogens is 364 g/mol. The second kappa shape index (κ2) is 8.07. The molecule has 0 aliphatic carbocycles. The fourth-order valence-electron chi connectivity index (χ4n) is 3.88. The van der Waals surface area contributed by atoms with Gasteiger partial charge in [-0.15, -0.1) is 0 Å². The molecule has 0 unspecified atom stereocenters. The standard InChI is InChI=1S/C23H26N4O2/c1-15-7-5-10-20(16(15)2)27-14-17(13-22(27)28)23(29)24-12-6-11-21-25-18-8-3-4-9-19(18)26-21/h3-5,7-10,17H,6,11-14H2,1-2H3,(H,24,29)(H,25,26)/t17-/m1/s1. The number of nitrogens with one attached hydrogen (secondary N) is 2. The smallest absolute Gasteiger partial charge is 0.227 e. The van der Waals surface area contributed by atoms with Crippen LogP contribution in [0.4, 0.5) is 5.69 Å². The van der Waals surface area contributed by atoms with Gasteiger partial charge in [-0.25, -0.2) is 4.98 Å². The van der Waals surface area contributed by atoms with Crippen molar-refractivity contribution in [2.75, 3.05) is 18.0 Å². The van der Waals surface area contributed by atoms with Crippen LogP contribution in [-0.2, 0) is 16.0 Å². The predicted octanol–water partition coefficient (Wildman–Crippen LogP) is 3.28. The molecule has 0 radical (unpaired) electrons. The van der Waals surface area contributed by atoms with Crippen molar-refractivity contribution in [2.45, 2.75) is 33.1 Å². The Kier molecular flexibility index (Phi) is 5.34. The van der Waals surface area contributed by atoms with Gasteiger partial charge >= 0.3 is 0 Å². The molecule has 0 spiro atoms. The fourth-order valence-corrected chi connectivity index (χ4v) is 3.88. The van der Waals surface area contributed by atoms with Crippen LogP contribution in [0.5, 0.6) is 0 Å². The summed E-state index contributed by atoms with van der Waals surface area (Å²) in [5, 5.41) is 2.99. The molecule has 6 nitrogen and oxygen atoms in total. The van der Waals surface area contributed by atoms with Gasteiger partial charge in [-0.1, -0.05) is 24.3 Å². The normalized spacial score (nSPS) is 16.6. The highest BCUT2D eigenvalue weighted by Crippen LogP contribution is 2.29. The first-order valence-electron chi connectivity index (χ1n) is 10.1. The van der Waals surface area contributed by atoms with Gasteiger partial charge in [0.15, 0.2) is 0 Å². The molecule has 1 aliphatic heterocycles. The van der Waals surface area contributed by atoms with Crippen LogP contribution in [0.1, 0.15) is 29.8 Å². The van der Waals surface area contributed by atoms with E-state index in [2.05, 4.69) is 15.3 Å². The first kappa shape index (κ1) is 19.2. The Bertz CT molecular complexity index is 1020. The van der Waals surface area contributed by atoms with E-state index in [1.54, 1.807) is 4.90 Å². The quantitative estimate of drug-likeness (QED) is 0.634. The van der Waals surface area contributed by atoms with Gasteiger partial charge < -0.3 is 15.2 Å². The van der Waals surface area contributed by atoms with Crippen LogP contribution >= 0.6 is 0 Å². The Morgan fingerprint density at radius 3 is 2.86 bits per heavy atom. The average Bonchev–Trinajstić information content (AvgIpc) is 3.30. The zero-order valence-electron chi connectivity index (χ0n) is 16.9. The minimum Gasteiger partial charge on any atom is -0.356 e. The fraction of sp³-hybridized carbons (Fsp3) is 0.348. The zero-order chi connectivity index (χ0) is 20.4. The molecule has 2 N–H and O–H groups in total. The maximum atomic E-state index is 12.6. The summed E-state index contributed by atoms with van der Waals surface area (Å²) in [6.45, 7) is 5.07. The van der Waals surface area contributed by atoms with Gasteiger partial charge in [-0.2, -0.15) is 0 Å². The van der Waals surface area contributed by atoms with Crippen LogP contribution in [0.15, 0.2) is 42.5 Å². The van der Waals surface area contributed by atoms with Crippen LogP contribution in [0.25, 0.3) is 11.0 Å². The van der Waals surface area contributed by atoms with E-state index in [1.807, 2.05) is 56.3 Å². The van der Waals surface area contributed by atoms with Gasteiger partial charge in [0.05, 0.1) is 17.0 Å². The van der Waals surface area contributed by atoms with Crippen molar-refractivity contribution in [3.8, 4) is 0 Å². The third kappa shape index (κ3) is 4.01. The van der Waals surface area contributed by atoms with E-state index in [-0.39, 0.29) is 24.2 Å². The highest BCUT2D eigenvalue weighted by molar-refractivity contribution is 6.00. The van der Waals surface area contributed by atoms with Gasteiger partial charge in [0, 0.05) is 31.6 Å². The number of aromatic nitrogens is 2. The van der Waals surface area contributed by atoms with Gasteiger partial charge in [-0.3, -0.25) is 9.59 Å². The van der Waals surface area contributed by atoms with Crippen LogP contribution in [0.3, 0.4) is 0 Å². The first-order valence-corrected chi connectivity index (χ1v) is 10.1. The molecule has 150 valence electrons.